The number of morpholine rings is 1. The number of aliphatic hydroxyl groups is 1. The van der Waals surface area contributed by atoms with E-state index in [1.807, 2.05) is 13.0 Å². The van der Waals surface area contributed by atoms with Gasteiger partial charge in [-0.3, -0.25) is 5.41 Å². The van der Waals surface area contributed by atoms with Crippen molar-refractivity contribution in [3.63, 3.8) is 0 Å². The second kappa shape index (κ2) is 12.4. The Morgan fingerprint density at radius 1 is 1.27 bits per heavy atom. The molecule has 0 spiro atoms. The number of carbonyl (C=O) groups is 1. The zero-order valence-corrected chi connectivity index (χ0v) is 20.4. The molecule has 0 aliphatic carbocycles. The number of urea groups is 1. The molecule has 0 saturated carbocycles. The van der Waals surface area contributed by atoms with Crippen molar-refractivity contribution >= 4 is 23.2 Å². The molecule has 2 aromatic rings. The number of amides is 2. The molecule has 0 bridgehead atoms. The first-order valence-corrected chi connectivity index (χ1v) is 11.4. The number of alkyl halides is 3. The first kappa shape index (κ1) is 27.7. The SMILES string of the molecule is CN/C=C(/NC(=O)Nc1ccc(C)c(-c2cc(OCCO)nc(N3CCOCC3)c2)c1)C(=N)C(F)(F)F. The lowest BCUT2D eigenvalue weighted by Gasteiger charge is -2.28. The molecule has 2 amide bonds. The molecule has 0 radical (unpaired) electrons. The Morgan fingerprint density at radius 2 is 2.00 bits per heavy atom. The number of aryl methyl sites for hydroxylation is 1. The Morgan fingerprint density at radius 3 is 2.65 bits per heavy atom. The Kier molecular flexibility index (Phi) is 9.31. The van der Waals surface area contributed by atoms with E-state index in [-0.39, 0.29) is 13.2 Å². The summed E-state index contributed by atoms with van der Waals surface area (Å²) in [7, 11) is 1.36. The number of benzene rings is 1. The standard InChI is InChI=1S/C24H29F3N6O4/c1-15-3-4-17(30-23(35)31-19(14-29-2)22(28)24(25,26)27)13-18(15)16-11-20(33-5-8-36-9-6-33)32-21(12-16)37-10-7-34/h3-4,11-14,28-29,34H,5-10H2,1-2H3,(H2,30,31,35)/b19-14+,28-22?. The minimum atomic E-state index is -4.93. The molecule has 37 heavy (non-hydrogen) atoms. The quantitative estimate of drug-likeness (QED) is 0.320. The number of pyridine rings is 1. The van der Waals surface area contributed by atoms with Crippen LogP contribution in [-0.2, 0) is 4.74 Å². The van der Waals surface area contributed by atoms with E-state index in [0.717, 1.165) is 22.9 Å². The van der Waals surface area contributed by atoms with Crippen LogP contribution in [0.3, 0.4) is 0 Å². The topological polar surface area (TPSA) is 132 Å². The fourth-order valence-electron chi connectivity index (χ4n) is 3.59. The first-order valence-electron chi connectivity index (χ1n) is 11.4. The van der Waals surface area contributed by atoms with E-state index >= 15 is 0 Å². The fourth-order valence-corrected chi connectivity index (χ4v) is 3.59. The summed E-state index contributed by atoms with van der Waals surface area (Å²) in [5.74, 6) is 0.979. The van der Waals surface area contributed by atoms with E-state index in [4.69, 9.17) is 20.0 Å². The van der Waals surface area contributed by atoms with Gasteiger partial charge < -0.3 is 35.4 Å². The van der Waals surface area contributed by atoms with Crippen molar-refractivity contribution in [3.05, 3.63) is 47.8 Å². The van der Waals surface area contributed by atoms with E-state index in [1.165, 1.54) is 7.05 Å². The molecule has 200 valence electrons. The summed E-state index contributed by atoms with van der Waals surface area (Å²) >= 11 is 0. The van der Waals surface area contributed by atoms with Crippen LogP contribution in [-0.4, -0.2) is 74.6 Å². The highest BCUT2D eigenvalue weighted by Gasteiger charge is 2.37. The number of allylic oxidation sites excluding steroid dienone is 1. The molecule has 0 atom stereocenters. The lowest BCUT2D eigenvalue weighted by molar-refractivity contribution is -0.0591. The molecule has 13 heteroatoms. The molecule has 1 saturated heterocycles. The minimum Gasteiger partial charge on any atom is -0.475 e. The van der Waals surface area contributed by atoms with Gasteiger partial charge in [-0.15, -0.1) is 0 Å². The molecule has 1 fully saturated rings. The number of anilines is 2. The van der Waals surface area contributed by atoms with Gasteiger partial charge >= 0.3 is 12.2 Å². The summed E-state index contributed by atoms with van der Waals surface area (Å²) in [6.07, 6.45) is -4.05. The van der Waals surface area contributed by atoms with Crippen molar-refractivity contribution in [2.45, 2.75) is 13.1 Å². The number of halogens is 3. The number of nitrogens with one attached hydrogen (secondary N) is 4. The molecule has 0 unspecified atom stereocenters. The third kappa shape index (κ3) is 7.57. The molecule has 1 aromatic carbocycles. The van der Waals surface area contributed by atoms with Crippen molar-refractivity contribution in [3.8, 4) is 17.0 Å². The van der Waals surface area contributed by atoms with Gasteiger partial charge in [0.1, 0.15) is 12.4 Å². The number of aliphatic hydroxyl groups excluding tert-OH is 1. The van der Waals surface area contributed by atoms with Gasteiger partial charge in [-0.25, -0.2) is 4.79 Å². The highest BCUT2D eigenvalue weighted by Crippen LogP contribution is 2.32. The number of hydrogen-bond donors (Lipinski definition) is 5. The summed E-state index contributed by atoms with van der Waals surface area (Å²) in [5.41, 5.74) is 0.244. The van der Waals surface area contributed by atoms with Gasteiger partial charge in [0.25, 0.3) is 0 Å². The van der Waals surface area contributed by atoms with Gasteiger partial charge in [0.2, 0.25) is 5.88 Å². The van der Waals surface area contributed by atoms with Gasteiger partial charge in [-0.1, -0.05) is 6.07 Å². The molecule has 1 aliphatic rings. The van der Waals surface area contributed by atoms with Crippen molar-refractivity contribution in [2.75, 3.05) is 56.8 Å². The number of carbonyl (C=O) groups excluding carboxylic acids is 1. The minimum absolute atomic E-state index is 0.0646. The Balaban J connectivity index is 1.88. The highest BCUT2D eigenvalue weighted by atomic mass is 19.4. The molecular weight excluding hydrogens is 493 g/mol. The van der Waals surface area contributed by atoms with Gasteiger partial charge in [-0.2, -0.15) is 18.2 Å². The van der Waals surface area contributed by atoms with Crippen LogP contribution in [0.5, 0.6) is 5.88 Å². The molecule has 5 N–H and O–H groups in total. The number of aromatic nitrogens is 1. The second-order valence-electron chi connectivity index (χ2n) is 8.05. The van der Waals surface area contributed by atoms with E-state index in [1.54, 1.807) is 24.3 Å². The van der Waals surface area contributed by atoms with Crippen LogP contribution < -0.4 is 25.6 Å². The van der Waals surface area contributed by atoms with E-state index in [2.05, 4.69) is 25.8 Å². The van der Waals surface area contributed by atoms with Gasteiger partial charge in [0, 0.05) is 38.1 Å². The summed E-state index contributed by atoms with van der Waals surface area (Å²) in [6.45, 7) is 4.17. The Hall–Kier alpha value is -3.84. The maximum atomic E-state index is 13.0. The molecular formula is C24H29F3N6O4. The van der Waals surface area contributed by atoms with Crippen LogP contribution in [0.2, 0.25) is 0 Å². The van der Waals surface area contributed by atoms with Crippen molar-refractivity contribution in [1.82, 2.24) is 15.6 Å². The predicted molar refractivity (Wildman–Crippen MR) is 133 cm³/mol. The number of nitrogens with zero attached hydrogens (tertiary/aromatic N) is 2. The maximum Gasteiger partial charge on any atom is 0.434 e. The van der Waals surface area contributed by atoms with Gasteiger partial charge in [0.05, 0.1) is 25.5 Å². The molecule has 1 aromatic heterocycles. The normalized spacial score (nSPS) is 14.2. The van der Waals surface area contributed by atoms with Crippen LogP contribution >= 0.6 is 0 Å². The van der Waals surface area contributed by atoms with Crippen LogP contribution in [0.15, 0.2) is 42.2 Å². The number of ether oxygens (including phenoxy) is 2. The maximum absolute atomic E-state index is 13.0. The lowest BCUT2D eigenvalue weighted by Crippen LogP contribution is -2.37. The zero-order chi connectivity index (χ0) is 27.0. The molecule has 3 rings (SSSR count). The highest BCUT2D eigenvalue weighted by molar-refractivity contribution is 6.05. The van der Waals surface area contributed by atoms with Crippen LogP contribution in [0.1, 0.15) is 5.56 Å². The number of hydrogen-bond acceptors (Lipinski definition) is 8. The summed E-state index contributed by atoms with van der Waals surface area (Å²) in [4.78, 5) is 19.1. The third-order valence-corrected chi connectivity index (χ3v) is 5.36. The van der Waals surface area contributed by atoms with Crippen molar-refractivity contribution in [2.24, 2.45) is 0 Å². The van der Waals surface area contributed by atoms with Gasteiger partial charge in [0.15, 0.2) is 5.71 Å². The molecule has 10 nitrogen and oxygen atoms in total. The molecule has 2 heterocycles. The number of rotatable bonds is 9. The van der Waals surface area contributed by atoms with Gasteiger partial charge in [-0.05, 0) is 41.8 Å². The average Bonchev–Trinajstić information content (AvgIpc) is 2.87. The summed E-state index contributed by atoms with van der Waals surface area (Å²) < 4.78 is 49.9. The van der Waals surface area contributed by atoms with Crippen molar-refractivity contribution in [1.29, 1.82) is 5.41 Å². The monoisotopic (exact) mass is 522 g/mol. The predicted octanol–water partition coefficient (Wildman–Crippen LogP) is 3.03. The fraction of sp³-hybridized carbons (Fsp3) is 0.375. The Bertz CT molecular complexity index is 1150. The third-order valence-electron chi connectivity index (χ3n) is 5.36. The summed E-state index contributed by atoms with van der Waals surface area (Å²) in [5, 5.41) is 23.4. The average molecular weight is 523 g/mol. The first-order chi connectivity index (χ1) is 17.6. The van der Waals surface area contributed by atoms with E-state index in [9.17, 15) is 18.0 Å². The summed E-state index contributed by atoms with van der Waals surface area (Å²) in [6, 6.07) is 7.70. The Labute approximate surface area is 212 Å². The van der Waals surface area contributed by atoms with Crippen LogP contribution in [0.25, 0.3) is 11.1 Å². The lowest BCUT2D eigenvalue weighted by atomic mass is 10.0. The largest absolute Gasteiger partial charge is 0.475 e. The van der Waals surface area contributed by atoms with Crippen molar-refractivity contribution < 1.29 is 32.5 Å². The smallest absolute Gasteiger partial charge is 0.434 e. The van der Waals surface area contributed by atoms with Crippen LogP contribution in [0, 0.1) is 12.3 Å². The zero-order valence-electron chi connectivity index (χ0n) is 20.4. The molecule has 1 aliphatic heterocycles. The second-order valence-corrected chi connectivity index (χ2v) is 8.05. The van der Waals surface area contributed by atoms with E-state index in [0.29, 0.717) is 43.7 Å². The van der Waals surface area contributed by atoms with Crippen LogP contribution in [0.4, 0.5) is 29.5 Å². The van der Waals surface area contributed by atoms with E-state index < -0.39 is 23.6 Å².